The van der Waals surface area contributed by atoms with Crippen LogP contribution in [0, 0.1) is 12.8 Å². The Labute approximate surface area is 443 Å². The number of carbonyl (C=O) groups excluding carboxylic acids is 6. The number of nitrogens with zero attached hydrogens (tertiary/aromatic N) is 3. The quantitative estimate of drug-likeness (QED) is 0.0415. The van der Waals surface area contributed by atoms with Crippen molar-refractivity contribution in [3.8, 4) is 17.2 Å². The topological polar surface area (TPSA) is 208 Å². The van der Waals surface area contributed by atoms with Gasteiger partial charge in [-0.15, -0.1) is 0 Å². The summed E-state index contributed by atoms with van der Waals surface area (Å²) in [5.74, 6) is 4.59. The summed E-state index contributed by atoms with van der Waals surface area (Å²) in [7, 11) is 1.51. The van der Waals surface area contributed by atoms with Crippen LogP contribution in [0.5, 0.6) is 17.2 Å². The number of anilines is 3. The number of hydrogen-bond acceptors (Lipinski definition) is 12. The van der Waals surface area contributed by atoms with Crippen molar-refractivity contribution in [2.24, 2.45) is 16.8 Å². The molecule has 5 aromatic carbocycles. The first kappa shape index (κ1) is 53.1. The molecule has 0 fully saturated rings. The molecule has 0 aromatic heterocycles. The number of fused-ring (bicyclic) bond motifs is 8. The molecule has 0 radical (unpaired) electrons. The van der Waals surface area contributed by atoms with E-state index >= 15 is 0 Å². The zero-order chi connectivity index (χ0) is 53.5. The lowest BCUT2D eigenvalue weighted by molar-refractivity contribution is -0.129. The average molecular weight is 1030 g/mol. The van der Waals surface area contributed by atoms with Crippen LogP contribution in [-0.2, 0) is 56.5 Å². The van der Waals surface area contributed by atoms with Gasteiger partial charge in [0.25, 0.3) is 11.8 Å². The van der Waals surface area contributed by atoms with Crippen LogP contribution >= 0.6 is 0 Å². The van der Waals surface area contributed by atoms with Crippen LogP contribution in [0.1, 0.15) is 126 Å². The highest BCUT2D eigenvalue weighted by atomic mass is 16.6. The van der Waals surface area contributed by atoms with Crippen molar-refractivity contribution in [3.05, 3.63) is 136 Å². The lowest BCUT2D eigenvalue weighted by Gasteiger charge is -2.23. The van der Waals surface area contributed by atoms with Crippen molar-refractivity contribution in [3.63, 3.8) is 0 Å². The Morgan fingerprint density at radius 2 is 1.39 bits per heavy atom. The standard InChI is InChI=1S/C60H66N6O10/c1-36-23-48-41(20-21-45-28-42-13-5-8-17-51(42)65(45)59(48)71)30-54(36)74-34-39-25-40(35-75-56-32-50-49(31-55(56)73-4)60(72)66-46(33-62-50)29-43-14-6-9-18-52(43)66)27-44(26-39)64-58(70)37(2)24-53(68)38(3)63-57(69)19-10-7-15-47(67)16-11-12-22-76-61/h5-6,8-9,13-14,17-18,23,25-27,30-33,37-38,45-46H,7,10-12,15-16,19-22,24,28-29,34-35,61H2,1-4H3,(H,63,69)(H,64,70)/t37-,38+,45-,46+/m1/s1. The number of aliphatic imine (C=N–C) groups is 1. The third-order valence-corrected chi connectivity index (χ3v) is 14.8. The Bertz CT molecular complexity index is 3080. The largest absolute Gasteiger partial charge is 0.493 e. The van der Waals surface area contributed by atoms with Crippen molar-refractivity contribution in [1.29, 1.82) is 0 Å². The molecule has 4 aliphatic heterocycles. The molecule has 396 valence electrons. The molecule has 9 rings (SSSR count). The number of carbonyl (C=O) groups is 6. The summed E-state index contributed by atoms with van der Waals surface area (Å²) in [6.07, 6.45) is 8.20. The molecular formula is C60H66N6O10. The number of ketones is 2. The summed E-state index contributed by atoms with van der Waals surface area (Å²) in [5, 5.41) is 5.75. The van der Waals surface area contributed by atoms with Crippen molar-refractivity contribution in [1.82, 2.24) is 5.32 Å². The Hall–Kier alpha value is -7.69. The first-order chi connectivity index (χ1) is 36.8. The maximum atomic E-state index is 14.1. The average Bonchev–Trinajstić information content (AvgIpc) is 3.91. The van der Waals surface area contributed by atoms with Gasteiger partial charge < -0.3 is 34.6 Å². The van der Waals surface area contributed by atoms with Gasteiger partial charge in [-0.1, -0.05) is 43.3 Å². The maximum absolute atomic E-state index is 14.1. The Balaban J connectivity index is 0.885. The van der Waals surface area contributed by atoms with E-state index in [1.54, 1.807) is 43.2 Å². The molecule has 4 atom stereocenters. The van der Waals surface area contributed by atoms with Crippen molar-refractivity contribution < 1.29 is 47.8 Å². The zero-order valence-electron chi connectivity index (χ0n) is 43.7. The molecule has 4 aliphatic rings. The molecule has 5 aromatic rings. The van der Waals surface area contributed by atoms with E-state index in [-0.39, 0.29) is 67.4 Å². The molecule has 16 heteroatoms. The van der Waals surface area contributed by atoms with Crippen molar-refractivity contribution >= 4 is 64.2 Å². The van der Waals surface area contributed by atoms with Gasteiger partial charge >= 0.3 is 0 Å². The number of ether oxygens (including phenoxy) is 3. The van der Waals surface area contributed by atoms with Gasteiger partial charge in [0, 0.05) is 79.0 Å². The zero-order valence-corrected chi connectivity index (χ0v) is 43.7. The van der Waals surface area contributed by atoms with Crippen molar-refractivity contribution in [2.75, 3.05) is 28.8 Å². The van der Waals surface area contributed by atoms with E-state index in [0.717, 1.165) is 47.3 Å². The predicted octanol–water partition coefficient (Wildman–Crippen LogP) is 9.20. The van der Waals surface area contributed by atoms with E-state index in [4.69, 9.17) is 25.1 Å². The summed E-state index contributed by atoms with van der Waals surface area (Å²) in [4.78, 5) is 93.3. The van der Waals surface area contributed by atoms with E-state index in [2.05, 4.69) is 21.5 Å². The number of rotatable bonds is 23. The Morgan fingerprint density at radius 1 is 0.737 bits per heavy atom. The number of Topliss-reactive ketones (excluding diaryl/α,β-unsaturated/α-hetero) is 2. The molecule has 16 nitrogen and oxygen atoms in total. The van der Waals surface area contributed by atoms with Crippen molar-refractivity contribution in [2.45, 2.75) is 129 Å². The first-order valence-electron chi connectivity index (χ1n) is 26.4. The predicted molar refractivity (Wildman–Crippen MR) is 290 cm³/mol. The van der Waals surface area contributed by atoms with Crippen LogP contribution in [0.2, 0.25) is 0 Å². The van der Waals surface area contributed by atoms with E-state index < -0.39 is 17.9 Å². The van der Waals surface area contributed by atoms with E-state index in [9.17, 15) is 28.8 Å². The van der Waals surface area contributed by atoms with Gasteiger partial charge in [0.2, 0.25) is 11.8 Å². The second-order valence-electron chi connectivity index (χ2n) is 20.4. The number of nitrogens with two attached hydrogens (primary N) is 1. The maximum Gasteiger partial charge on any atom is 0.261 e. The second-order valence-corrected chi connectivity index (χ2v) is 20.4. The van der Waals surface area contributed by atoms with Crippen LogP contribution in [-0.4, -0.2) is 73.3 Å². The monoisotopic (exact) mass is 1030 g/mol. The summed E-state index contributed by atoms with van der Waals surface area (Å²) < 4.78 is 18.8. The Kier molecular flexibility index (Phi) is 16.7. The first-order valence-corrected chi connectivity index (χ1v) is 26.4. The molecule has 0 bridgehead atoms. The number of nitrogens with one attached hydrogen (secondary N) is 2. The molecule has 0 aliphatic carbocycles. The highest BCUT2D eigenvalue weighted by molar-refractivity contribution is 6.15. The third kappa shape index (κ3) is 12.0. The van der Waals surface area contributed by atoms with Gasteiger partial charge in [0.15, 0.2) is 17.3 Å². The van der Waals surface area contributed by atoms with Gasteiger partial charge in [-0.25, -0.2) is 5.90 Å². The number of methoxy groups -OCH3 is 1. The van der Waals surface area contributed by atoms with E-state index in [1.165, 1.54) is 12.7 Å². The lowest BCUT2D eigenvalue weighted by atomic mass is 9.98. The molecule has 76 heavy (non-hydrogen) atoms. The van der Waals surface area contributed by atoms with Gasteiger partial charge in [-0.2, -0.15) is 0 Å². The van der Waals surface area contributed by atoms with E-state index in [1.807, 2.05) is 78.6 Å². The molecule has 4 amide bonds. The summed E-state index contributed by atoms with van der Waals surface area (Å²) in [5.41, 5.74) is 9.20. The number of hydrogen-bond donors (Lipinski definition) is 3. The van der Waals surface area contributed by atoms with Gasteiger partial charge in [0.05, 0.1) is 37.1 Å². The van der Waals surface area contributed by atoms with Crippen LogP contribution in [0.25, 0.3) is 0 Å². The van der Waals surface area contributed by atoms with Crippen LogP contribution < -0.4 is 40.5 Å². The SMILES string of the molecule is COc1cc2c(cc1OCc1cc(COc3cc4c(cc3C)C(=O)N3c5ccccc5C[C@H]3CC4)cc(NC(=O)[C@H](C)CC(=O)[C@H](C)NC(=O)CCCCC(=O)CCCCON)c1)N=C[C@@H]1Cc3ccccc3N1C2=O. The van der Waals surface area contributed by atoms with Crippen LogP contribution in [0.3, 0.4) is 0 Å². The van der Waals surface area contributed by atoms with Gasteiger partial charge in [-0.05, 0) is 141 Å². The van der Waals surface area contributed by atoms with Crippen LogP contribution in [0.4, 0.5) is 22.7 Å². The molecule has 0 unspecified atom stereocenters. The van der Waals surface area contributed by atoms with E-state index in [0.29, 0.717) is 102 Å². The highest BCUT2D eigenvalue weighted by Gasteiger charge is 2.38. The number of aryl methyl sites for hydroxylation is 2. The molecular weight excluding hydrogens is 965 g/mol. The van der Waals surface area contributed by atoms with Gasteiger partial charge in [0.1, 0.15) is 24.7 Å². The van der Waals surface area contributed by atoms with Gasteiger partial charge in [-0.3, -0.25) is 38.7 Å². The highest BCUT2D eigenvalue weighted by Crippen LogP contribution is 2.42. The lowest BCUT2D eigenvalue weighted by Crippen LogP contribution is -2.39. The third-order valence-electron chi connectivity index (χ3n) is 14.8. The summed E-state index contributed by atoms with van der Waals surface area (Å²) in [6.45, 7) is 5.74. The Morgan fingerprint density at radius 3 is 2.12 bits per heavy atom. The fourth-order valence-electron chi connectivity index (χ4n) is 10.7. The smallest absolute Gasteiger partial charge is 0.261 e. The number of amides is 4. The number of para-hydroxylation sites is 2. The molecule has 0 saturated carbocycles. The summed E-state index contributed by atoms with van der Waals surface area (Å²) in [6, 6.07) is 27.8. The second kappa shape index (κ2) is 23.9. The normalized spacial score (nSPS) is 16.7. The minimum absolute atomic E-state index is 0.00497. The molecule has 4 heterocycles. The summed E-state index contributed by atoms with van der Waals surface area (Å²) >= 11 is 0. The fraction of sp³-hybridized carbons (Fsp3) is 0.383. The number of unbranched alkanes of at least 4 members (excludes halogenated alkanes) is 2. The molecule has 0 spiro atoms. The minimum Gasteiger partial charge on any atom is -0.493 e. The fourth-order valence-corrected chi connectivity index (χ4v) is 10.7. The molecule has 0 saturated heterocycles. The van der Waals surface area contributed by atoms with Crippen LogP contribution in [0.15, 0.2) is 96.0 Å². The molecule has 4 N–H and O–H groups in total. The number of benzene rings is 5. The minimum atomic E-state index is -0.815.